The lowest BCUT2D eigenvalue weighted by Crippen LogP contribution is -2.12. The molecule has 0 saturated heterocycles. The van der Waals surface area contributed by atoms with Crippen LogP contribution in [-0.4, -0.2) is 15.9 Å². The second-order valence-electron chi connectivity index (χ2n) is 5.38. The van der Waals surface area contributed by atoms with Gasteiger partial charge >= 0.3 is 0 Å². The Balaban J connectivity index is 1.64. The van der Waals surface area contributed by atoms with Gasteiger partial charge in [-0.05, 0) is 48.5 Å². The smallest absolute Gasteiger partial charge is 0.256 e. The number of amides is 1. The van der Waals surface area contributed by atoms with Gasteiger partial charge in [-0.2, -0.15) is 0 Å². The van der Waals surface area contributed by atoms with Gasteiger partial charge in [-0.25, -0.2) is 9.97 Å². The van der Waals surface area contributed by atoms with Gasteiger partial charge in [0.15, 0.2) is 0 Å². The minimum Gasteiger partial charge on any atom is -0.307 e. The first-order valence-corrected chi connectivity index (χ1v) is 7.80. The molecule has 2 aromatic carbocycles. The van der Waals surface area contributed by atoms with E-state index in [0.29, 0.717) is 16.5 Å². The average molecular weight is 334 g/mol. The van der Waals surface area contributed by atoms with E-state index in [1.807, 2.05) is 36.4 Å². The van der Waals surface area contributed by atoms with E-state index in [-0.39, 0.29) is 5.91 Å². The van der Waals surface area contributed by atoms with Crippen molar-refractivity contribution in [2.75, 3.05) is 5.32 Å². The molecule has 0 saturated carbocycles. The maximum Gasteiger partial charge on any atom is 0.256 e. The van der Waals surface area contributed by atoms with Crippen LogP contribution in [0.4, 0.5) is 5.82 Å². The number of hydrogen-bond donors (Lipinski definition) is 1. The number of aromatic nitrogens is 2. The maximum atomic E-state index is 12.5. The SMILES string of the molecule is O=C(Nc1ccc2ccccc2n1)c1ccc2nc(Cl)ccc2c1. The third-order valence-electron chi connectivity index (χ3n) is 3.76. The van der Waals surface area contributed by atoms with E-state index in [1.165, 1.54) is 0 Å². The van der Waals surface area contributed by atoms with Crippen molar-refractivity contribution in [2.24, 2.45) is 0 Å². The maximum absolute atomic E-state index is 12.5. The Morgan fingerprint density at radius 3 is 2.54 bits per heavy atom. The van der Waals surface area contributed by atoms with Crippen LogP contribution in [0.2, 0.25) is 5.15 Å². The monoisotopic (exact) mass is 333 g/mol. The molecule has 0 aliphatic heterocycles. The van der Waals surface area contributed by atoms with Gasteiger partial charge in [-0.1, -0.05) is 29.8 Å². The summed E-state index contributed by atoms with van der Waals surface area (Å²) in [5.74, 6) is 0.308. The Bertz CT molecular complexity index is 1080. The molecule has 1 N–H and O–H groups in total. The summed E-state index contributed by atoms with van der Waals surface area (Å²) in [6, 6.07) is 20.3. The molecule has 4 nitrogen and oxygen atoms in total. The highest BCUT2D eigenvalue weighted by Gasteiger charge is 2.09. The van der Waals surface area contributed by atoms with Crippen LogP contribution in [0.5, 0.6) is 0 Å². The summed E-state index contributed by atoms with van der Waals surface area (Å²) in [7, 11) is 0. The van der Waals surface area contributed by atoms with Crippen LogP contribution in [0.25, 0.3) is 21.8 Å². The number of carbonyl (C=O) groups excluding carboxylic acids is 1. The fourth-order valence-corrected chi connectivity index (χ4v) is 2.72. The van der Waals surface area contributed by atoms with Crippen LogP contribution in [0.1, 0.15) is 10.4 Å². The van der Waals surface area contributed by atoms with Gasteiger partial charge in [0.1, 0.15) is 11.0 Å². The Kier molecular flexibility index (Phi) is 3.59. The highest BCUT2D eigenvalue weighted by molar-refractivity contribution is 6.29. The fraction of sp³-hybridized carbons (Fsp3) is 0. The van der Waals surface area contributed by atoms with Gasteiger partial charge < -0.3 is 5.32 Å². The molecule has 0 bridgehead atoms. The van der Waals surface area contributed by atoms with Crippen LogP contribution in [0.15, 0.2) is 66.7 Å². The van der Waals surface area contributed by atoms with E-state index in [9.17, 15) is 4.79 Å². The molecule has 116 valence electrons. The van der Waals surface area contributed by atoms with Crippen LogP contribution in [0.3, 0.4) is 0 Å². The molecule has 0 aliphatic carbocycles. The zero-order valence-corrected chi connectivity index (χ0v) is 13.3. The molecule has 0 spiro atoms. The second kappa shape index (κ2) is 5.91. The van der Waals surface area contributed by atoms with Crippen molar-refractivity contribution in [1.82, 2.24) is 9.97 Å². The van der Waals surface area contributed by atoms with Gasteiger partial charge in [-0.3, -0.25) is 4.79 Å². The summed E-state index contributed by atoms with van der Waals surface area (Å²) in [4.78, 5) is 21.1. The summed E-state index contributed by atoms with van der Waals surface area (Å²) in [5, 5.41) is 5.15. The lowest BCUT2D eigenvalue weighted by Gasteiger charge is -2.07. The lowest BCUT2D eigenvalue weighted by atomic mass is 10.1. The molecule has 2 aromatic heterocycles. The first-order chi connectivity index (χ1) is 11.7. The Morgan fingerprint density at radius 2 is 1.62 bits per heavy atom. The minimum atomic E-state index is -0.213. The highest BCUT2D eigenvalue weighted by atomic mass is 35.5. The van der Waals surface area contributed by atoms with Crippen molar-refractivity contribution in [3.63, 3.8) is 0 Å². The molecule has 0 radical (unpaired) electrons. The van der Waals surface area contributed by atoms with E-state index < -0.39 is 0 Å². The summed E-state index contributed by atoms with van der Waals surface area (Å²) >= 11 is 5.88. The number of para-hydroxylation sites is 1. The topological polar surface area (TPSA) is 54.9 Å². The molecular weight excluding hydrogens is 322 g/mol. The number of pyridine rings is 2. The van der Waals surface area contributed by atoms with Gasteiger partial charge in [0.2, 0.25) is 0 Å². The standard InChI is InChI=1S/C19H12ClN3O/c20-17-9-6-13-11-14(5-8-16(13)21-17)19(24)23-18-10-7-12-3-1-2-4-15(12)22-18/h1-11H,(H,22,23,24). The molecule has 1 amide bonds. The van der Waals surface area contributed by atoms with Gasteiger partial charge in [0.25, 0.3) is 5.91 Å². The van der Waals surface area contributed by atoms with Crippen LogP contribution in [0, 0.1) is 0 Å². The molecule has 0 unspecified atom stereocenters. The zero-order chi connectivity index (χ0) is 16.5. The van der Waals surface area contributed by atoms with E-state index >= 15 is 0 Å². The van der Waals surface area contributed by atoms with Crippen molar-refractivity contribution in [2.45, 2.75) is 0 Å². The highest BCUT2D eigenvalue weighted by Crippen LogP contribution is 2.19. The molecule has 0 atom stereocenters. The molecule has 5 heteroatoms. The predicted octanol–water partition coefficient (Wildman–Crippen LogP) is 4.69. The number of halogens is 1. The first-order valence-electron chi connectivity index (χ1n) is 7.42. The van der Waals surface area contributed by atoms with Gasteiger partial charge in [-0.15, -0.1) is 0 Å². The van der Waals surface area contributed by atoms with E-state index in [2.05, 4.69) is 15.3 Å². The normalized spacial score (nSPS) is 10.9. The summed E-state index contributed by atoms with van der Waals surface area (Å²) in [6.45, 7) is 0. The van der Waals surface area contributed by atoms with Crippen LogP contribution >= 0.6 is 11.6 Å². The molecule has 4 aromatic rings. The van der Waals surface area contributed by atoms with Crippen molar-refractivity contribution < 1.29 is 4.79 Å². The van der Waals surface area contributed by atoms with E-state index in [0.717, 1.165) is 21.8 Å². The number of nitrogens with one attached hydrogen (secondary N) is 1. The summed E-state index contributed by atoms with van der Waals surface area (Å²) < 4.78 is 0. The molecule has 4 rings (SSSR count). The first kappa shape index (κ1) is 14.6. The number of rotatable bonds is 2. The number of anilines is 1. The number of hydrogen-bond acceptors (Lipinski definition) is 3. The number of carbonyl (C=O) groups is 1. The molecule has 24 heavy (non-hydrogen) atoms. The molecular formula is C19H12ClN3O. The second-order valence-corrected chi connectivity index (χ2v) is 5.77. The minimum absolute atomic E-state index is 0.213. The van der Waals surface area contributed by atoms with Crippen LogP contribution in [-0.2, 0) is 0 Å². The quantitative estimate of drug-likeness (QED) is 0.541. The molecule has 0 aliphatic rings. The van der Waals surface area contributed by atoms with Crippen LogP contribution < -0.4 is 5.32 Å². The van der Waals surface area contributed by atoms with Crippen molar-refractivity contribution in [1.29, 1.82) is 0 Å². The number of benzene rings is 2. The lowest BCUT2D eigenvalue weighted by molar-refractivity contribution is 0.102. The molecule has 2 heterocycles. The van der Waals surface area contributed by atoms with Crippen molar-refractivity contribution in [3.05, 3.63) is 77.4 Å². The number of fused-ring (bicyclic) bond motifs is 2. The van der Waals surface area contributed by atoms with Gasteiger partial charge in [0.05, 0.1) is 11.0 Å². The third kappa shape index (κ3) is 2.79. The van der Waals surface area contributed by atoms with Crippen molar-refractivity contribution in [3.8, 4) is 0 Å². The van der Waals surface area contributed by atoms with Crippen molar-refractivity contribution >= 4 is 45.1 Å². The summed E-state index contributed by atoms with van der Waals surface area (Å²) in [5.41, 5.74) is 2.14. The largest absolute Gasteiger partial charge is 0.307 e. The third-order valence-corrected chi connectivity index (χ3v) is 3.97. The average Bonchev–Trinajstić information content (AvgIpc) is 2.61. The number of nitrogens with zero attached hydrogens (tertiary/aromatic N) is 2. The van der Waals surface area contributed by atoms with E-state index in [4.69, 9.17) is 11.6 Å². The Labute approximate surface area is 143 Å². The fourth-order valence-electron chi connectivity index (χ4n) is 2.57. The van der Waals surface area contributed by atoms with Gasteiger partial charge in [0, 0.05) is 16.3 Å². The Hall–Kier alpha value is -2.98. The zero-order valence-electron chi connectivity index (χ0n) is 12.5. The van der Waals surface area contributed by atoms with E-state index in [1.54, 1.807) is 30.3 Å². The Morgan fingerprint density at radius 1 is 0.833 bits per heavy atom. The summed E-state index contributed by atoms with van der Waals surface area (Å²) in [6.07, 6.45) is 0. The molecule has 0 fully saturated rings. The predicted molar refractivity (Wildman–Crippen MR) is 96.4 cm³/mol.